The Kier molecular flexibility index (Phi) is 4.32. The van der Waals surface area contributed by atoms with Crippen molar-refractivity contribution in [3.8, 4) is 0 Å². The normalized spacial score (nSPS) is 12.3. The van der Waals surface area contributed by atoms with Gasteiger partial charge < -0.3 is 5.11 Å². The monoisotopic (exact) mass is 275 g/mol. The average molecular weight is 275 g/mol. The fraction of sp³-hybridized carbons (Fsp3) is 0.333. The van der Waals surface area contributed by atoms with Gasteiger partial charge in [0.05, 0.1) is 10.9 Å². The molecule has 19 heavy (non-hydrogen) atoms. The minimum atomic E-state index is -0.741. The summed E-state index contributed by atoms with van der Waals surface area (Å²) in [5, 5.41) is 10.4. The van der Waals surface area contributed by atoms with Crippen LogP contribution in [0.15, 0.2) is 30.5 Å². The van der Waals surface area contributed by atoms with Crippen molar-refractivity contribution in [1.82, 2.24) is 4.98 Å². The van der Waals surface area contributed by atoms with Crippen molar-refractivity contribution < 1.29 is 9.90 Å². The first kappa shape index (κ1) is 13.7. The summed E-state index contributed by atoms with van der Waals surface area (Å²) in [5.74, 6) is -1.13. The van der Waals surface area contributed by atoms with Gasteiger partial charge >= 0.3 is 5.97 Å². The van der Waals surface area contributed by atoms with Crippen molar-refractivity contribution in [3.05, 3.63) is 51.5 Å². The number of aromatic nitrogens is 1. The Morgan fingerprint density at radius 3 is 2.63 bits per heavy atom. The van der Waals surface area contributed by atoms with E-state index < -0.39 is 5.97 Å². The number of thiazole rings is 1. The average Bonchev–Trinajstić information content (AvgIpc) is 2.76. The van der Waals surface area contributed by atoms with E-state index in [1.54, 1.807) is 17.5 Å². The quantitative estimate of drug-likeness (QED) is 0.911. The van der Waals surface area contributed by atoms with Gasteiger partial charge in [-0.05, 0) is 37.8 Å². The molecule has 0 radical (unpaired) electrons. The van der Waals surface area contributed by atoms with Crippen LogP contribution in [0.5, 0.6) is 0 Å². The van der Waals surface area contributed by atoms with E-state index >= 15 is 0 Å². The highest BCUT2D eigenvalue weighted by Gasteiger charge is 2.20. The smallest absolute Gasteiger partial charge is 0.307 e. The van der Waals surface area contributed by atoms with Crippen molar-refractivity contribution in [2.45, 2.75) is 26.7 Å². The summed E-state index contributed by atoms with van der Waals surface area (Å²) in [6, 6.07) is 7.95. The van der Waals surface area contributed by atoms with Crippen molar-refractivity contribution in [2.24, 2.45) is 5.92 Å². The standard InChI is InChI=1S/C15H17NO2S/c1-10-5-3-4-6-12(10)7-13(15(17)18)8-14-9-16-11(2)19-14/h3-6,9,13H,7-8H2,1-2H3,(H,17,18). The highest BCUT2D eigenvalue weighted by Crippen LogP contribution is 2.21. The fourth-order valence-corrected chi connectivity index (χ4v) is 2.97. The van der Waals surface area contributed by atoms with E-state index in [1.165, 1.54) is 0 Å². The van der Waals surface area contributed by atoms with Gasteiger partial charge in [0.2, 0.25) is 0 Å². The Hall–Kier alpha value is -1.68. The molecule has 1 unspecified atom stereocenters. The first-order valence-corrected chi connectivity index (χ1v) is 7.06. The van der Waals surface area contributed by atoms with Crippen LogP contribution in [-0.2, 0) is 17.6 Å². The van der Waals surface area contributed by atoms with Gasteiger partial charge in [-0.3, -0.25) is 4.79 Å². The SMILES string of the molecule is Cc1ncc(CC(Cc2ccccc2C)C(=O)O)s1. The third-order valence-electron chi connectivity index (χ3n) is 3.19. The number of aryl methyl sites for hydroxylation is 2. The summed E-state index contributed by atoms with van der Waals surface area (Å²) in [6.07, 6.45) is 2.90. The molecule has 100 valence electrons. The lowest BCUT2D eigenvalue weighted by molar-refractivity contribution is -0.141. The molecule has 2 aromatic rings. The zero-order valence-electron chi connectivity index (χ0n) is 11.1. The second-order valence-electron chi connectivity index (χ2n) is 4.72. The Morgan fingerprint density at radius 2 is 2.05 bits per heavy atom. The van der Waals surface area contributed by atoms with Crippen LogP contribution in [0.2, 0.25) is 0 Å². The van der Waals surface area contributed by atoms with E-state index in [1.807, 2.05) is 38.1 Å². The molecule has 3 nitrogen and oxygen atoms in total. The first-order valence-electron chi connectivity index (χ1n) is 6.25. The zero-order chi connectivity index (χ0) is 13.8. The van der Waals surface area contributed by atoms with Gasteiger partial charge in [-0.15, -0.1) is 11.3 Å². The number of carboxylic acid groups (broad SMARTS) is 1. The van der Waals surface area contributed by atoms with Gasteiger partial charge in [-0.1, -0.05) is 24.3 Å². The van der Waals surface area contributed by atoms with Crippen molar-refractivity contribution in [1.29, 1.82) is 0 Å². The second-order valence-corrected chi connectivity index (χ2v) is 6.03. The molecule has 4 heteroatoms. The largest absolute Gasteiger partial charge is 0.481 e. The predicted octanol–water partition coefficient (Wildman–Crippen LogP) is 3.25. The van der Waals surface area contributed by atoms with Crippen LogP contribution in [0.3, 0.4) is 0 Å². The van der Waals surface area contributed by atoms with Crippen LogP contribution in [0.1, 0.15) is 21.0 Å². The molecule has 1 aromatic carbocycles. The van der Waals surface area contributed by atoms with E-state index in [-0.39, 0.29) is 5.92 Å². The minimum Gasteiger partial charge on any atom is -0.481 e. The number of hydrogen-bond acceptors (Lipinski definition) is 3. The minimum absolute atomic E-state index is 0.388. The first-order chi connectivity index (χ1) is 9.06. The molecule has 0 aliphatic carbocycles. The maximum Gasteiger partial charge on any atom is 0.307 e. The number of nitrogens with zero attached hydrogens (tertiary/aromatic N) is 1. The van der Waals surface area contributed by atoms with E-state index in [0.29, 0.717) is 12.8 Å². The predicted molar refractivity (Wildman–Crippen MR) is 76.6 cm³/mol. The zero-order valence-corrected chi connectivity index (χ0v) is 11.9. The molecule has 1 N–H and O–H groups in total. The van der Waals surface area contributed by atoms with Crippen molar-refractivity contribution in [3.63, 3.8) is 0 Å². The summed E-state index contributed by atoms with van der Waals surface area (Å²) in [4.78, 5) is 16.6. The highest BCUT2D eigenvalue weighted by molar-refractivity contribution is 7.11. The molecule has 0 fully saturated rings. The number of carboxylic acids is 1. The Morgan fingerprint density at radius 1 is 1.32 bits per heavy atom. The van der Waals surface area contributed by atoms with Crippen LogP contribution in [-0.4, -0.2) is 16.1 Å². The van der Waals surface area contributed by atoms with E-state index in [9.17, 15) is 9.90 Å². The molecule has 2 rings (SSSR count). The number of aliphatic carboxylic acids is 1. The highest BCUT2D eigenvalue weighted by atomic mass is 32.1. The molecule has 1 heterocycles. The molecule has 0 spiro atoms. The van der Waals surface area contributed by atoms with Crippen molar-refractivity contribution >= 4 is 17.3 Å². The number of carbonyl (C=O) groups is 1. The molecule has 1 atom stereocenters. The van der Waals surface area contributed by atoms with Gasteiger partial charge in [0, 0.05) is 11.1 Å². The van der Waals surface area contributed by atoms with Gasteiger partial charge in [-0.25, -0.2) is 4.98 Å². The Balaban J connectivity index is 2.13. The van der Waals surface area contributed by atoms with E-state index in [0.717, 1.165) is 21.0 Å². The lowest BCUT2D eigenvalue weighted by Gasteiger charge is -2.12. The molecule has 0 saturated carbocycles. The van der Waals surface area contributed by atoms with Crippen LogP contribution >= 0.6 is 11.3 Å². The maximum absolute atomic E-state index is 11.4. The molecule has 0 bridgehead atoms. The van der Waals surface area contributed by atoms with Crippen LogP contribution in [0.4, 0.5) is 0 Å². The Bertz CT molecular complexity index is 577. The third-order valence-corrected chi connectivity index (χ3v) is 4.13. The Labute approximate surface area is 116 Å². The molecule has 0 aliphatic heterocycles. The van der Waals surface area contributed by atoms with Crippen molar-refractivity contribution in [2.75, 3.05) is 0 Å². The van der Waals surface area contributed by atoms with Gasteiger partial charge in [-0.2, -0.15) is 0 Å². The second kappa shape index (κ2) is 5.97. The van der Waals surface area contributed by atoms with E-state index in [2.05, 4.69) is 4.98 Å². The van der Waals surface area contributed by atoms with Crippen LogP contribution < -0.4 is 0 Å². The molecule has 1 aromatic heterocycles. The molecule has 0 saturated heterocycles. The summed E-state index contributed by atoms with van der Waals surface area (Å²) in [5.41, 5.74) is 2.25. The van der Waals surface area contributed by atoms with Gasteiger partial charge in [0.25, 0.3) is 0 Å². The summed E-state index contributed by atoms with van der Waals surface area (Å²) < 4.78 is 0. The lowest BCUT2D eigenvalue weighted by atomic mass is 9.93. The van der Waals surface area contributed by atoms with Gasteiger partial charge in [0.1, 0.15) is 0 Å². The number of rotatable bonds is 5. The fourth-order valence-electron chi connectivity index (χ4n) is 2.09. The maximum atomic E-state index is 11.4. The number of hydrogen-bond donors (Lipinski definition) is 1. The molecular weight excluding hydrogens is 258 g/mol. The topological polar surface area (TPSA) is 50.2 Å². The summed E-state index contributed by atoms with van der Waals surface area (Å²) in [6.45, 7) is 3.95. The number of benzene rings is 1. The summed E-state index contributed by atoms with van der Waals surface area (Å²) in [7, 11) is 0. The summed E-state index contributed by atoms with van der Waals surface area (Å²) >= 11 is 1.57. The van der Waals surface area contributed by atoms with Crippen LogP contribution in [0, 0.1) is 19.8 Å². The molecule has 0 aliphatic rings. The molecule has 0 amide bonds. The third kappa shape index (κ3) is 3.64. The lowest BCUT2D eigenvalue weighted by Crippen LogP contribution is -2.19. The molecular formula is C15H17NO2S. The van der Waals surface area contributed by atoms with E-state index in [4.69, 9.17) is 0 Å². The van der Waals surface area contributed by atoms with Gasteiger partial charge in [0.15, 0.2) is 0 Å². The van der Waals surface area contributed by atoms with Crippen LogP contribution in [0.25, 0.3) is 0 Å².